The minimum atomic E-state index is -0.308. The molecule has 1 aliphatic rings. The van der Waals surface area contributed by atoms with Gasteiger partial charge in [-0.25, -0.2) is 4.39 Å². The van der Waals surface area contributed by atoms with E-state index in [9.17, 15) is 4.39 Å². The van der Waals surface area contributed by atoms with Crippen molar-refractivity contribution < 1.29 is 9.13 Å². The Kier molecular flexibility index (Phi) is 3.79. The van der Waals surface area contributed by atoms with Gasteiger partial charge in [-0.3, -0.25) is 0 Å². The molecule has 1 saturated carbocycles. The number of hydrogen-bond acceptors (Lipinski definition) is 2. The SMILES string of the molecule is COc1ccc(NC2CCCC(C)(C)C2)cc1F. The van der Waals surface area contributed by atoms with Crippen LogP contribution in [0.5, 0.6) is 5.75 Å². The second kappa shape index (κ2) is 5.17. The van der Waals surface area contributed by atoms with Gasteiger partial charge in [0.2, 0.25) is 0 Å². The zero-order chi connectivity index (χ0) is 13.2. The van der Waals surface area contributed by atoms with Gasteiger partial charge in [-0.1, -0.05) is 20.3 Å². The van der Waals surface area contributed by atoms with Gasteiger partial charge in [-0.2, -0.15) is 0 Å². The van der Waals surface area contributed by atoms with E-state index in [1.807, 2.05) is 6.07 Å². The number of methoxy groups -OCH3 is 1. The Balaban J connectivity index is 2.03. The maximum atomic E-state index is 13.6. The Morgan fingerprint density at radius 2 is 2.17 bits per heavy atom. The van der Waals surface area contributed by atoms with Crippen LogP contribution in [0.2, 0.25) is 0 Å². The van der Waals surface area contributed by atoms with Crippen LogP contribution in [0.1, 0.15) is 39.5 Å². The second-order valence-electron chi connectivity index (χ2n) is 5.95. The molecule has 1 aliphatic carbocycles. The summed E-state index contributed by atoms with van der Waals surface area (Å²) in [6.07, 6.45) is 4.82. The van der Waals surface area contributed by atoms with Crippen molar-refractivity contribution in [2.24, 2.45) is 5.41 Å². The molecular weight excluding hydrogens is 229 g/mol. The van der Waals surface area contributed by atoms with Crippen LogP contribution in [0.4, 0.5) is 10.1 Å². The molecule has 0 spiro atoms. The molecule has 0 bridgehead atoms. The number of rotatable bonds is 3. The Hall–Kier alpha value is -1.25. The van der Waals surface area contributed by atoms with Crippen LogP contribution in [-0.4, -0.2) is 13.2 Å². The Labute approximate surface area is 109 Å². The molecule has 0 aliphatic heterocycles. The summed E-state index contributed by atoms with van der Waals surface area (Å²) < 4.78 is 18.5. The number of halogens is 1. The molecule has 1 unspecified atom stereocenters. The Morgan fingerprint density at radius 3 is 2.78 bits per heavy atom. The summed E-state index contributed by atoms with van der Waals surface area (Å²) in [5.74, 6) is -0.0120. The van der Waals surface area contributed by atoms with E-state index < -0.39 is 0 Å². The molecule has 1 aromatic rings. The molecule has 18 heavy (non-hydrogen) atoms. The zero-order valence-electron chi connectivity index (χ0n) is 11.4. The lowest BCUT2D eigenvalue weighted by molar-refractivity contribution is 0.229. The quantitative estimate of drug-likeness (QED) is 0.868. The fourth-order valence-electron chi connectivity index (χ4n) is 2.81. The van der Waals surface area contributed by atoms with E-state index in [1.54, 1.807) is 6.07 Å². The highest BCUT2D eigenvalue weighted by Crippen LogP contribution is 2.36. The molecule has 2 rings (SSSR count). The average Bonchev–Trinajstić information content (AvgIpc) is 2.28. The van der Waals surface area contributed by atoms with Crippen molar-refractivity contribution >= 4 is 5.69 Å². The third-order valence-corrected chi connectivity index (χ3v) is 3.73. The Bertz CT molecular complexity index is 417. The average molecular weight is 251 g/mol. The fourth-order valence-corrected chi connectivity index (χ4v) is 2.81. The largest absolute Gasteiger partial charge is 0.494 e. The van der Waals surface area contributed by atoms with Crippen LogP contribution in [0.25, 0.3) is 0 Å². The molecule has 100 valence electrons. The van der Waals surface area contributed by atoms with Crippen LogP contribution in [0.15, 0.2) is 18.2 Å². The number of ether oxygens (including phenoxy) is 1. The molecular formula is C15H22FNO. The van der Waals surface area contributed by atoms with Crippen LogP contribution >= 0.6 is 0 Å². The molecule has 2 nitrogen and oxygen atoms in total. The van der Waals surface area contributed by atoms with Gasteiger partial charge < -0.3 is 10.1 Å². The lowest BCUT2D eigenvalue weighted by atomic mass is 9.75. The van der Waals surface area contributed by atoms with E-state index in [1.165, 1.54) is 26.0 Å². The summed E-state index contributed by atoms with van der Waals surface area (Å²) in [5, 5.41) is 3.43. The molecule has 3 heteroatoms. The minimum absolute atomic E-state index is 0.296. The van der Waals surface area contributed by atoms with Gasteiger partial charge in [-0.15, -0.1) is 0 Å². The molecule has 1 atom stereocenters. The minimum Gasteiger partial charge on any atom is -0.494 e. The first kappa shape index (κ1) is 13.2. The van der Waals surface area contributed by atoms with Crippen molar-refractivity contribution in [2.75, 3.05) is 12.4 Å². The number of benzene rings is 1. The highest BCUT2D eigenvalue weighted by Gasteiger charge is 2.27. The van der Waals surface area contributed by atoms with E-state index in [0.717, 1.165) is 18.5 Å². The molecule has 0 saturated heterocycles. The lowest BCUT2D eigenvalue weighted by Gasteiger charge is -2.36. The molecule has 1 fully saturated rings. The highest BCUT2D eigenvalue weighted by atomic mass is 19.1. The maximum Gasteiger partial charge on any atom is 0.167 e. The van der Waals surface area contributed by atoms with Gasteiger partial charge in [-0.05, 0) is 36.8 Å². The smallest absolute Gasteiger partial charge is 0.167 e. The van der Waals surface area contributed by atoms with Crippen molar-refractivity contribution in [3.63, 3.8) is 0 Å². The van der Waals surface area contributed by atoms with Crippen LogP contribution in [-0.2, 0) is 0 Å². The third kappa shape index (κ3) is 3.15. The number of anilines is 1. The Morgan fingerprint density at radius 1 is 1.39 bits per heavy atom. The van der Waals surface area contributed by atoms with Gasteiger partial charge in [0.1, 0.15) is 0 Å². The zero-order valence-corrected chi connectivity index (χ0v) is 11.4. The maximum absolute atomic E-state index is 13.6. The van der Waals surface area contributed by atoms with Crippen molar-refractivity contribution in [1.29, 1.82) is 0 Å². The van der Waals surface area contributed by atoms with Crippen molar-refractivity contribution in [3.05, 3.63) is 24.0 Å². The first-order valence-electron chi connectivity index (χ1n) is 6.60. The fraction of sp³-hybridized carbons (Fsp3) is 0.600. The third-order valence-electron chi connectivity index (χ3n) is 3.73. The summed E-state index contributed by atoms with van der Waals surface area (Å²) in [6.45, 7) is 4.60. The number of nitrogens with one attached hydrogen (secondary N) is 1. The van der Waals surface area contributed by atoms with E-state index in [2.05, 4.69) is 19.2 Å². The van der Waals surface area contributed by atoms with Crippen LogP contribution in [0, 0.1) is 11.2 Å². The topological polar surface area (TPSA) is 21.3 Å². The summed E-state index contributed by atoms with van der Waals surface area (Å²) in [7, 11) is 1.48. The first-order valence-corrected chi connectivity index (χ1v) is 6.60. The first-order chi connectivity index (χ1) is 8.50. The predicted octanol–water partition coefficient (Wildman–Crippen LogP) is 4.22. The normalized spacial score (nSPS) is 22.6. The van der Waals surface area contributed by atoms with Gasteiger partial charge in [0, 0.05) is 17.8 Å². The summed E-state index contributed by atoms with van der Waals surface area (Å²) in [6, 6.07) is 5.51. The van der Waals surface area contributed by atoms with Crippen LogP contribution in [0.3, 0.4) is 0 Å². The van der Waals surface area contributed by atoms with E-state index in [0.29, 0.717) is 17.2 Å². The monoisotopic (exact) mass is 251 g/mol. The predicted molar refractivity (Wildman–Crippen MR) is 72.6 cm³/mol. The summed E-state index contributed by atoms with van der Waals surface area (Å²) in [4.78, 5) is 0. The molecule has 1 N–H and O–H groups in total. The molecule has 1 aromatic carbocycles. The second-order valence-corrected chi connectivity index (χ2v) is 5.95. The van der Waals surface area contributed by atoms with Gasteiger partial charge in [0.15, 0.2) is 11.6 Å². The van der Waals surface area contributed by atoms with Gasteiger partial charge in [0.05, 0.1) is 7.11 Å². The van der Waals surface area contributed by atoms with E-state index in [4.69, 9.17) is 4.74 Å². The number of hydrogen-bond donors (Lipinski definition) is 1. The highest BCUT2D eigenvalue weighted by molar-refractivity contribution is 5.48. The van der Waals surface area contributed by atoms with E-state index in [-0.39, 0.29) is 5.82 Å². The van der Waals surface area contributed by atoms with Crippen molar-refractivity contribution in [1.82, 2.24) is 0 Å². The molecule has 0 amide bonds. The van der Waals surface area contributed by atoms with Crippen molar-refractivity contribution in [3.8, 4) is 5.75 Å². The van der Waals surface area contributed by atoms with Crippen LogP contribution < -0.4 is 10.1 Å². The van der Waals surface area contributed by atoms with Crippen molar-refractivity contribution in [2.45, 2.75) is 45.6 Å². The lowest BCUT2D eigenvalue weighted by Crippen LogP contribution is -2.31. The molecule has 0 heterocycles. The summed E-state index contributed by atoms with van der Waals surface area (Å²) in [5.41, 5.74) is 1.23. The molecule has 0 radical (unpaired) electrons. The summed E-state index contributed by atoms with van der Waals surface area (Å²) >= 11 is 0. The van der Waals surface area contributed by atoms with E-state index >= 15 is 0 Å². The van der Waals surface area contributed by atoms with Gasteiger partial charge >= 0.3 is 0 Å². The van der Waals surface area contributed by atoms with Gasteiger partial charge in [0.25, 0.3) is 0 Å². The standard InChI is InChI=1S/C15H22FNO/c1-15(2)8-4-5-12(10-15)17-11-6-7-14(18-3)13(16)9-11/h6-7,9,12,17H,4-5,8,10H2,1-3H3. The molecule has 0 aromatic heterocycles.